The fourth-order valence-electron chi connectivity index (χ4n) is 0.932. The van der Waals surface area contributed by atoms with E-state index < -0.39 is 0 Å². The van der Waals surface area contributed by atoms with Crippen molar-refractivity contribution in [2.24, 2.45) is 0 Å². The number of rotatable bonds is 4. The second kappa shape index (κ2) is 5.40. The molecule has 0 amide bonds. The summed E-state index contributed by atoms with van der Waals surface area (Å²) in [6.45, 7) is 2.19. The third kappa shape index (κ3) is 3.49. The van der Waals surface area contributed by atoms with Gasteiger partial charge in [-0.25, -0.2) is 0 Å². The van der Waals surface area contributed by atoms with Gasteiger partial charge >= 0.3 is 0 Å². The van der Waals surface area contributed by atoms with Gasteiger partial charge < -0.3 is 5.73 Å². The molecule has 0 aromatic heterocycles. The molecule has 1 nitrogen and oxygen atoms in total. The van der Waals surface area contributed by atoms with Gasteiger partial charge in [-0.15, -0.1) is 11.8 Å². The maximum atomic E-state index is 5.89. The quantitative estimate of drug-likeness (QED) is 0.470. The Hall–Kier alpha value is -0.340. The van der Waals surface area contributed by atoms with E-state index in [1.54, 1.807) is 0 Å². The first-order chi connectivity index (χ1) is 6.24. The molecule has 0 heterocycles. The van der Waals surface area contributed by atoms with E-state index in [0.29, 0.717) is 10.7 Å². The number of anilines is 1. The van der Waals surface area contributed by atoms with Crippen LogP contribution in [0.1, 0.15) is 19.8 Å². The van der Waals surface area contributed by atoms with Crippen LogP contribution in [-0.4, -0.2) is 5.75 Å². The second-order valence-corrected chi connectivity index (χ2v) is 4.46. The number of halogens is 1. The Balaban J connectivity index is 2.53. The molecule has 0 aliphatic heterocycles. The lowest BCUT2D eigenvalue weighted by atomic mass is 10.3. The Morgan fingerprint density at radius 3 is 2.85 bits per heavy atom. The molecule has 1 rings (SSSR count). The van der Waals surface area contributed by atoms with Crippen LogP contribution < -0.4 is 5.73 Å². The van der Waals surface area contributed by atoms with Gasteiger partial charge in [0, 0.05) is 4.90 Å². The van der Waals surface area contributed by atoms with Crippen molar-refractivity contribution >= 4 is 29.1 Å². The lowest BCUT2D eigenvalue weighted by molar-refractivity contribution is 0.896. The average Bonchev–Trinajstić information content (AvgIpc) is 2.12. The van der Waals surface area contributed by atoms with Crippen LogP contribution >= 0.6 is 23.4 Å². The Morgan fingerprint density at radius 1 is 1.46 bits per heavy atom. The molecule has 0 unspecified atom stereocenters. The molecule has 13 heavy (non-hydrogen) atoms. The third-order valence-corrected chi connectivity index (χ3v) is 3.15. The van der Waals surface area contributed by atoms with Crippen LogP contribution in [0.15, 0.2) is 23.1 Å². The molecule has 0 aliphatic carbocycles. The van der Waals surface area contributed by atoms with Gasteiger partial charge in [0.25, 0.3) is 0 Å². The number of thioether (sulfide) groups is 1. The number of unbranched alkanes of at least 4 members (excludes halogenated alkanes) is 1. The van der Waals surface area contributed by atoms with Crippen LogP contribution in [0.3, 0.4) is 0 Å². The highest BCUT2D eigenvalue weighted by Crippen LogP contribution is 2.26. The van der Waals surface area contributed by atoms with E-state index >= 15 is 0 Å². The van der Waals surface area contributed by atoms with Crippen LogP contribution in [-0.2, 0) is 0 Å². The van der Waals surface area contributed by atoms with Crippen molar-refractivity contribution in [3.05, 3.63) is 23.2 Å². The lowest BCUT2D eigenvalue weighted by Gasteiger charge is -2.02. The van der Waals surface area contributed by atoms with Crippen molar-refractivity contribution in [1.29, 1.82) is 0 Å². The summed E-state index contributed by atoms with van der Waals surface area (Å²) >= 11 is 7.72. The first-order valence-electron chi connectivity index (χ1n) is 4.42. The van der Waals surface area contributed by atoms with E-state index in [1.165, 1.54) is 17.7 Å². The van der Waals surface area contributed by atoms with Gasteiger partial charge in [-0.3, -0.25) is 0 Å². The molecule has 72 valence electrons. The van der Waals surface area contributed by atoms with E-state index in [4.69, 9.17) is 17.3 Å². The molecule has 0 saturated carbocycles. The summed E-state index contributed by atoms with van der Waals surface area (Å²) in [4.78, 5) is 1.20. The van der Waals surface area contributed by atoms with Gasteiger partial charge in [-0.2, -0.15) is 0 Å². The lowest BCUT2D eigenvalue weighted by Crippen LogP contribution is -1.86. The summed E-state index contributed by atoms with van der Waals surface area (Å²) in [5.74, 6) is 1.15. The Kier molecular flexibility index (Phi) is 4.46. The number of hydrogen-bond acceptors (Lipinski definition) is 2. The summed E-state index contributed by atoms with van der Waals surface area (Å²) < 4.78 is 0. The van der Waals surface area contributed by atoms with Gasteiger partial charge in [0.2, 0.25) is 0 Å². The average molecular weight is 216 g/mol. The number of benzene rings is 1. The monoisotopic (exact) mass is 215 g/mol. The normalized spacial score (nSPS) is 10.3. The molecule has 0 aliphatic rings. The standard InChI is InChI=1S/C10H14ClNS/c1-2-3-6-13-8-4-5-10(12)9(11)7-8/h4-5,7H,2-3,6,12H2,1H3. The molecule has 0 atom stereocenters. The molecule has 2 N–H and O–H groups in total. The summed E-state index contributed by atoms with van der Waals surface area (Å²) in [7, 11) is 0. The molecule has 0 radical (unpaired) electrons. The topological polar surface area (TPSA) is 26.0 Å². The molecular weight excluding hydrogens is 202 g/mol. The van der Waals surface area contributed by atoms with E-state index in [0.717, 1.165) is 5.75 Å². The van der Waals surface area contributed by atoms with Crippen molar-refractivity contribution < 1.29 is 0 Å². The zero-order valence-corrected chi connectivity index (χ0v) is 9.29. The second-order valence-electron chi connectivity index (χ2n) is 2.89. The molecule has 1 aromatic rings. The first-order valence-corrected chi connectivity index (χ1v) is 5.78. The molecule has 1 aromatic carbocycles. The van der Waals surface area contributed by atoms with E-state index in [9.17, 15) is 0 Å². The third-order valence-electron chi connectivity index (χ3n) is 1.74. The Morgan fingerprint density at radius 2 is 2.23 bits per heavy atom. The zero-order chi connectivity index (χ0) is 9.68. The maximum absolute atomic E-state index is 5.89. The fraction of sp³-hybridized carbons (Fsp3) is 0.400. The smallest absolute Gasteiger partial charge is 0.0646 e. The zero-order valence-electron chi connectivity index (χ0n) is 7.72. The molecule has 0 spiro atoms. The molecular formula is C10H14ClNS. The molecule has 0 fully saturated rings. The van der Waals surface area contributed by atoms with E-state index in [-0.39, 0.29) is 0 Å². The predicted molar refractivity (Wildman–Crippen MR) is 61.5 cm³/mol. The van der Waals surface area contributed by atoms with E-state index in [2.05, 4.69) is 6.92 Å². The number of hydrogen-bond donors (Lipinski definition) is 1. The van der Waals surface area contributed by atoms with Crippen molar-refractivity contribution in [3.8, 4) is 0 Å². The molecule has 3 heteroatoms. The van der Waals surface area contributed by atoms with Gasteiger partial charge in [-0.1, -0.05) is 24.9 Å². The van der Waals surface area contributed by atoms with Crippen molar-refractivity contribution in [3.63, 3.8) is 0 Å². The summed E-state index contributed by atoms with van der Waals surface area (Å²) in [5, 5.41) is 0.654. The SMILES string of the molecule is CCCCSc1ccc(N)c(Cl)c1. The molecule has 0 saturated heterocycles. The van der Waals surface area contributed by atoms with Crippen LogP contribution in [0.4, 0.5) is 5.69 Å². The van der Waals surface area contributed by atoms with Gasteiger partial charge in [-0.05, 0) is 30.4 Å². The highest BCUT2D eigenvalue weighted by molar-refractivity contribution is 7.99. The van der Waals surface area contributed by atoms with Crippen LogP contribution in [0.25, 0.3) is 0 Å². The largest absolute Gasteiger partial charge is 0.398 e. The number of nitrogen functional groups attached to an aromatic ring is 1. The maximum Gasteiger partial charge on any atom is 0.0646 e. The minimum absolute atomic E-state index is 0.654. The summed E-state index contributed by atoms with van der Waals surface area (Å²) in [6, 6.07) is 5.80. The van der Waals surface area contributed by atoms with Crippen LogP contribution in [0, 0.1) is 0 Å². The summed E-state index contributed by atoms with van der Waals surface area (Å²) in [6.07, 6.45) is 2.47. The summed E-state index contributed by atoms with van der Waals surface area (Å²) in [5.41, 5.74) is 6.26. The minimum Gasteiger partial charge on any atom is -0.398 e. The van der Waals surface area contributed by atoms with Gasteiger partial charge in [0.05, 0.1) is 10.7 Å². The van der Waals surface area contributed by atoms with Gasteiger partial charge in [0.15, 0.2) is 0 Å². The highest BCUT2D eigenvalue weighted by Gasteiger charge is 1.98. The van der Waals surface area contributed by atoms with Crippen LogP contribution in [0.2, 0.25) is 5.02 Å². The van der Waals surface area contributed by atoms with E-state index in [1.807, 2.05) is 30.0 Å². The first kappa shape index (κ1) is 10.7. The van der Waals surface area contributed by atoms with Crippen LogP contribution in [0.5, 0.6) is 0 Å². The van der Waals surface area contributed by atoms with Gasteiger partial charge in [0.1, 0.15) is 0 Å². The fourth-order valence-corrected chi connectivity index (χ4v) is 2.21. The molecule has 0 bridgehead atoms. The van der Waals surface area contributed by atoms with Crippen molar-refractivity contribution in [2.75, 3.05) is 11.5 Å². The predicted octanol–water partition coefficient (Wildman–Crippen LogP) is 3.81. The number of nitrogens with two attached hydrogens (primary N) is 1. The highest BCUT2D eigenvalue weighted by atomic mass is 35.5. The Bertz CT molecular complexity index is 276. The van der Waals surface area contributed by atoms with Crippen molar-refractivity contribution in [2.45, 2.75) is 24.7 Å². The van der Waals surface area contributed by atoms with Crippen molar-refractivity contribution in [1.82, 2.24) is 0 Å². The minimum atomic E-state index is 0.654. The Labute approximate surface area is 88.7 Å².